The van der Waals surface area contributed by atoms with Crippen molar-refractivity contribution in [2.75, 3.05) is 19.7 Å². The maximum atomic E-state index is 11.7. The molecule has 0 saturated heterocycles. The summed E-state index contributed by atoms with van der Waals surface area (Å²) in [5.74, 6) is -2.62. The normalized spacial score (nSPS) is 10.8. The van der Waals surface area contributed by atoms with Gasteiger partial charge in [-0.25, -0.2) is 4.79 Å². The molecule has 1 amide bonds. The van der Waals surface area contributed by atoms with Gasteiger partial charge in [0.15, 0.2) is 6.61 Å². The van der Waals surface area contributed by atoms with Crippen LogP contribution >= 0.6 is 0 Å². The van der Waals surface area contributed by atoms with Crippen LogP contribution in [0, 0.1) is 0 Å². The van der Waals surface area contributed by atoms with Crippen LogP contribution in [0.15, 0.2) is 12.7 Å². The summed E-state index contributed by atoms with van der Waals surface area (Å²) in [6.45, 7) is 3.44. The summed E-state index contributed by atoms with van der Waals surface area (Å²) >= 11 is 0. The van der Waals surface area contributed by atoms with E-state index in [9.17, 15) is 22.8 Å². The van der Waals surface area contributed by atoms with Crippen molar-refractivity contribution in [3.05, 3.63) is 12.7 Å². The van der Waals surface area contributed by atoms with E-state index in [0.717, 1.165) is 4.90 Å². The van der Waals surface area contributed by atoms with Crippen molar-refractivity contribution < 1.29 is 27.5 Å². The monoisotopic (exact) mass is 239 g/mol. The molecule has 0 aromatic rings. The van der Waals surface area contributed by atoms with Gasteiger partial charge in [0.05, 0.1) is 0 Å². The summed E-state index contributed by atoms with van der Waals surface area (Å²) in [6.07, 6.45) is -3.27. The molecule has 0 unspecified atom stereocenters. The second kappa shape index (κ2) is 6.14. The molecule has 0 aromatic carbocycles. The first-order chi connectivity index (χ1) is 7.31. The van der Waals surface area contributed by atoms with E-state index in [-0.39, 0.29) is 13.1 Å². The minimum Gasteiger partial charge on any atom is -0.449 e. The maximum Gasteiger partial charge on any atom is 0.422 e. The molecule has 92 valence electrons. The van der Waals surface area contributed by atoms with Gasteiger partial charge >= 0.3 is 18.1 Å². The zero-order valence-corrected chi connectivity index (χ0v) is 8.71. The lowest BCUT2D eigenvalue weighted by Crippen LogP contribution is -2.38. The number of ether oxygens (including phenoxy) is 1. The zero-order valence-electron chi connectivity index (χ0n) is 8.71. The number of halogens is 3. The molecule has 0 aromatic heterocycles. The predicted octanol–water partition coefficient (Wildman–Crippen LogP) is 1.13. The van der Waals surface area contributed by atoms with E-state index in [2.05, 4.69) is 11.3 Å². The molecule has 0 aliphatic rings. The summed E-state index contributed by atoms with van der Waals surface area (Å²) in [5.41, 5.74) is 0. The molecule has 16 heavy (non-hydrogen) atoms. The molecule has 0 atom stereocenters. The Balaban J connectivity index is 4.26. The van der Waals surface area contributed by atoms with Crippen LogP contribution in [0.2, 0.25) is 0 Å². The third-order valence-corrected chi connectivity index (χ3v) is 1.56. The Morgan fingerprint density at radius 3 is 2.38 bits per heavy atom. The Kier molecular flexibility index (Phi) is 5.55. The number of hydrogen-bond donors (Lipinski definition) is 0. The van der Waals surface area contributed by atoms with Crippen LogP contribution in [0.4, 0.5) is 13.2 Å². The SMILES string of the molecule is C=CCN(CC)C(=O)C(=O)OCC(F)(F)F. The average molecular weight is 239 g/mol. The molecular weight excluding hydrogens is 227 g/mol. The molecular formula is C9H12F3NO3. The highest BCUT2D eigenvalue weighted by Crippen LogP contribution is 2.14. The third-order valence-electron chi connectivity index (χ3n) is 1.56. The molecule has 0 N–H and O–H groups in total. The molecule has 0 rings (SSSR count). The van der Waals surface area contributed by atoms with E-state index in [1.54, 1.807) is 6.92 Å². The molecule has 0 aliphatic carbocycles. The quantitative estimate of drug-likeness (QED) is 0.419. The number of esters is 1. The molecule has 0 spiro atoms. The number of hydrogen-bond acceptors (Lipinski definition) is 3. The molecule has 0 saturated carbocycles. The molecule has 0 bridgehead atoms. The van der Waals surface area contributed by atoms with Crippen molar-refractivity contribution in [1.82, 2.24) is 4.90 Å². The van der Waals surface area contributed by atoms with Crippen LogP contribution in [-0.2, 0) is 14.3 Å². The standard InChI is InChI=1S/C9H12F3NO3/c1-3-5-13(4-2)7(14)8(15)16-6-9(10,11)12/h3H,1,4-6H2,2H3. The highest BCUT2D eigenvalue weighted by atomic mass is 19.4. The number of carbonyl (C=O) groups is 2. The van der Waals surface area contributed by atoms with Crippen molar-refractivity contribution in [3.63, 3.8) is 0 Å². The lowest BCUT2D eigenvalue weighted by molar-refractivity contribution is -0.189. The summed E-state index contributed by atoms with van der Waals surface area (Å²) in [7, 11) is 0. The third kappa shape index (κ3) is 5.38. The Labute approximate surface area is 90.7 Å². The highest BCUT2D eigenvalue weighted by molar-refractivity contribution is 6.32. The fraction of sp³-hybridized carbons (Fsp3) is 0.556. The van der Waals surface area contributed by atoms with E-state index < -0.39 is 24.7 Å². The molecule has 7 heteroatoms. The van der Waals surface area contributed by atoms with Crippen LogP contribution in [0.25, 0.3) is 0 Å². The molecule has 0 fully saturated rings. The van der Waals surface area contributed by atoms with Crippen LogP contribution in [-0.4, -0.2) is 42.6 Å². The Hall–Kier alpha value is -1.53. The first-order valence-corrected chi connectivity index (χ1v) is 4.45. The Morgan fingerprint density at radius 2 is 2.00 bits per heavy atom. The lowest BCUT2D eigenvalue weighted by Gasteiger charge is -2.17. The van der Waals surface area contributed by atoms with Gasteiger partial charge in [-0.05, 0) is 6.92 Å². The summed E-state index contributed by atoms with van der Waals surface area (Å²) in [5, 5.41) is 0. The van der Waals surface area contributed by atoms with Gasteiger partial charge in [-0.15, -0.1) is 6.58 Å². The second-order valence-corrected chi connectivity index (χ2v) is 2.82. The van der Waals surface area contributed by atoms with Gasteiger partial charge < -0.3 is 9.64 Å². The topological polar surface area (TPSA) is 46.6 Å². The van der Waals surface area contributed by atoms with Crippen molar-refractivity contribution >= 4 is 11.9 Å². The fourth-order valence-electron chi connectivity index (χ4n) is 0.850. The largest absolute Gasteiger partial charge is 0.449 e. The van der Waals surface area contributed by atoms with Gasteiger partial charge in [-0.2, -0.15) is 13.2 Å². The van der Waals surface area contributed by atoms with Gasteiger partial charge in [-0.1, -0.05) is 6.08 Å². The van der Waals surface area contributed by atoms with E-state index in [1.165, 1.54) is 6.08 Å². The number of alkyl halides is 3. The number of carbonyl (C=O) groups excluding carboxylic acids is 2. The maximum absolute atomic E-state index is 11.7. The van der Waals surface area contributed by atoms with Gasteiger partial charge in [0.25, 0.3) is 0 Å². The van der Waals surface area contributed by atoms with E-state index >= 15 is 0 Å². The molecule has 0 radical (unpaired) electrons. The first-order valence-electron chi connectivity index (χ1n) is 4.45. The average Bonchev–Trinajstić information content (AvgIpc) is 2.20. The number of likely N-dealkylation sites (N-methyl/N-ethyl adjacent to an activating group) is 1. The minimum atomic E-state index is -4.63. The van der Waals surface area contributed by atoms with E-state index in [1.807, 2.05) is 0 Å². The molecule has 0 heterocycles. The van der Waals surface area contributed by atoms with Crippen molar-refractivity contribution in [2.45, 2.75) is 13.1 Å². The summed E-state index contributed by atoms with van der Waals surface area (Å²) in [6, 6.07) is 0. The molecule has 4 nitrogen and oxygen atoms in total. The van der Waals surface area contributed by atoms with Crippen molar-refractivity contribution in [3.8, 4) is 0 Å². The van der Waals surface area contributed by atoms with Crippen LogP contribution in [0.1, 0.15) is 6.92 Å². The zero-order chi connectivity index (χ0) is 12.8. The van der Waals surface area contributed by atoms with Gasteiger partial charge in [0, 0.05) is 13.1 Å². The number of rotatable bonds is 4. The van der Waals surface area contributed by atoms with Crippen LogP contribution in [0.3, 0.4) is 0 Å². The van der Waals surface area contributed by atoms with E-state index in [0.29, 0.717) is 0 Å². The van der Waals surface area contributed by atoms with Crippen molar-refractivity contribution in [1.29, 1.82) is 0 Å². The smallest absolute Gasteiger partial charge is 0.422 e. The van der Waals surface area contributed by atoms with Crippen LogP contribution in [0.5, 0.6) is 0 Å². The lowest BCUT2D eigenvalue weighted by atomic mass is 10.4. The first kappa shape index (κ1) is 14.5. The summed E-state index contributed by atoms with van der Waals surface area (Å²) < 4.78 is 38.9. The Morgan fingerprint density at radius 1 is 1.44 bits per heavy atom. The number of amides is 1. The predicted molar refractivity (Wildman–Crippen MR) is 49.5 cm³/mol. The Bertz CT molecular complexity index is 276. The van der Waals surface area contributed by atoms with Crippen molar-refractivity contribution in [2.24, 2.45) is 0 Å². The summed E-state index contributed by atoms with van der Waals surface area (Å²) in [4.78, 5) is 23.2. The van der Waals surface area contributed by atoms with Gasteiger partial charge in [0.1, 0.15) is 0 Å². The minimum absolute atomic E-state index is 0.0798. The van der Waals surface area contributed by atoms with Crippen LogP contribution < -0.4 is 0 Å². The second-order valence-electron chi connectivity index (χ2n) is 2.82. The fourth-order valence-corrected chi connectivity index (χ4v) is 0.850. The van der Waals surface area contributed by atoms with Gasteiger partial charge in [-0.3, -0.25) is 4.79 Å². The highest BCUT2D eigenvalue weighted by Gasteiger charge is 2.32. The number of nitrogens with zero attached hydrogens (tertiary/aromatic N) is 1. The molecule has 0 aliphatic heterocycles. The van der Waals surface area contributed by atoms with Gasteiger partial charge in [0.2, 0.25) is 0 Å². The van der Waals surface area contributed by atoms with E-state index in [4.69, 9.17) is 0 Å².